The lowest BCUT2D eigenvalue weighted by Crippen LogP contribution is -2.41. The molecular formula is C23H36N2O4. The molecule has 2 amide bonds. The van der Waals surface area contributed by atoms with Gasteiger partial charge in [0, 0.05) is 12.8 Å². The molecule has 2 atom stereocenters. The number of amides is 2. The van der Waals surface area contributed by atoms with E-state index >= 15 is 0 Å². The van der Waals surface area contributed by atoms with Gasteiger partial charge in [-0.25, -0.2) is 4.79 Å². The van der Waals surface area contributed by atoms with Crippen LogP contribution in [0.15, 0.2) is 30.3 Å². The molecule has 0 aliphatic rings. The molecule has 0 radical (unpaired) electrons. The van der Waals surface area contributed by atoms with Gasteiger partial charge in [-0.1, -0.05) is 75.8 Å². The molecule has 0 saturated carbocycles. The summed E-state index contributed by atoms with van der Waals surface area (Å²) in [5.41, 5.74) is 1.01. The summed E-state index contributed by atoms with van der Waals surface area (Å²) >= 11 is 0. The molecule has 0 saturated heterocycles. The second kappa shape index (κ2) is 14.6. The third-order valence-corrected chi connectivity index (χ3v) is 4.92. The Bertz CT molecular complexity index is 619. The number of unbranched alkanes of at least 4 members (excludes halogenated alkanes) is 5. The smallest absolute Gasteiger partial charge is 0.328 e. The molecule has 0 heterocycles. The third kappa shape index (κ3) is 10.7. The number of rotatable bonds is 14. The van der Waals surface area contributed by atoms with Crippen LogP contribution in [0.5, 0.6) is 0 Å². The number of benzene rings is 1. The van der Waals surface area contributed by atoms with Crippen LogP contribution < -0.4 is 10.6 Å². The molecule has 0 aliphatic heterocycles. The van der Waals surface area contributed by atoms with Gasteiger partial charge in [0.1, 0.15) is 6.04 Å². The fourth-order valence-corrected chi connectivity index (χ4v) is 3.15. The van der Waals surface area contributed by atoms with Crippen molar-refractivity contribution in [3.63, 3.8) is 0 Å². The van der Waals surface area contributed by atoms with E-state index in [1.54, 1.807) is 0 Å². The van der Waals surface area contributed by atoms with Crippen LogP contribution in [-0.4, -0.2) is 30.9 Å². The fourth-order valence-electron chi connectivity index (χ4n) is 3.15. The first-order chi connectivity index (χ1) is 14.0. The van der Waals surface area contributed by atoms with Crippen molar-refractivity contribution in [3.8, 4) is 0 Å². The molecule has 6 heteroatoms. The number of hydrogen-bond donors (Lipinski definition) is 2. The number of hydrogen-bond acceptors (Lipinski definition) is 4. The molecule has 6 nitrogen and oxygen atoms in total. The lowest BCUT2D eigenvalue weighted by Gasteiger charge is -2.17. The maximum absolute atomic E-state index is 12.2. The molecule has 0 spiro atoms. The quantitative estimate of drug-likeness (QED) is 0.362. The number of carbonyl (C=O) groups excluding carboxylic acids is 3. The lowest BCUT2D eigenvalue weighted by atomic mass is 10.1. The van der Waals surface area contributed by atoms with Crippen molar-refractivity contribution < 1.29 is 19.1 Å². The van der Waals surface area contributed by atoms with E-state index in [1.807, 2.05) is 37.3 Å². The highest BCUT2D eigenvalue weighted by atomic mass is 16.5. The summed E-state index contributed by atoms with van der Waals surface area (Å²) in [5.74, 6) is -0.940. The van der Waals surface area contributed by atoms with Gasteiger partial charge in [0.15, 0.2) is 0 Å². The molecule has 1 aromatic carbocycles. The summed E-state index contributed by atoms with van der Waals surface area (Å²) in [6.07, 6.45) is 7.31. The van der Waals surface area contributed by atoms with E-state index in [2.05, 4.69) is 17.6 Å². The molecule has 2 N–H and O–H groups in total. The Labute approximate surface area is 174 Å². The van der Waals surface area contributed by atoms with Crippen LogP contribution in [0.25, 0.3) is 0 Å². The molecule has 0 aromatic heterocycles. The maximum atomic E-state index is 12.2. The Kier molecular flexibility index (Phi) is 12.4. The molecule has 162 valence electrons. The average molecular weight is 405 g/mol. The second-order valence-corrected chi connectivity index (χ2v) is 7.40. The number of methoxy groups -OCH3 is 1. The van der Waals surface area contributed by atoms with Crippen molar-refractivity contribution in [3.05, 3.63) is 35.9 Å². The van der Waals surface area contributed by atoms with Crippen molar-refractivity contribution in [2.24, 2.45) is 0 Å². The third-order valence-electron chi connectivity index (χ3n) is 4.92. The van der Waals surface area contributed by atoms with Crippen LogP contribution in [0.2, 0.25) is 0 Å². The molecule has 0 aliphatic carbocycles. The van der Waals surface area contributed by atoms with Gasteiger partial charge in [-0.2, -0.15) is 0 Å². The first-order valence-electron chi connectivity index (χ1n) is 10.7. The number of ether oxygens (including phenoxy) is 1. The molecule has 0 bridgehead atoms. The van der Waals surface area contributed by atoms with Crippen LogP contribution in [0.4, 0.5) is 0 Å². The van der Waals surface area contributed by atoms with Gasteiger partial charge in [-0.3, -0.25) is 9.59 Å². The maximum Gasteiger partial charge on any atom is 0.328 e. The van der Waals surface area contributed by atoms with E-state index < -0.39 is 12.0 Å². The van der Waals surface area contributed by atoms with Crippen LogP contribution in [0, 0.1) is 0 Å². The summed E-state index contributed by atoms with van der Waals surface area (Å²) in [4.78, 5) is 36.3. The Balaban J connectivity index is 2.35. The van der Waals surface area contributed by atoms with E-state index in [0.29, 0.717) is 6.42 Å². The standard InChI is InChI=1S/C23H36N2O4/c1-4-5-6-7-8-12-15-20(23(28)29-3)25-22(27)17-16-21(26)24-18(2)19-13-10-9-11-14-19/h9-11,13-14,18,20H,4-8,12,15-17H2,1-3H3,(H,24,26)(H,25,27)/t18-,20-/m1/s1. The highest BCUT2D eigenvalue weighted by Gasteiger charge is 2.21. The minimum absolute atomic E-state index is 0.0390. The average Bonchev–Trinajstić information content (AvgIpc) is 2.73. The second-order valence-electron chi connectivity index (χ2n) is 7.40. The van der Waals surface area contributed by atoms with Gasteiger partial charge in [0.2, 0.25) is 11.8 Å². The van der Waals surface area contributed by atoms with Crippen LogP contribution in [0.1, 0.15) is 83.2 Å². The SMILES string of the molecule is CCCCCCCC[C@@H](NC(=O)CCC(=O)N[C@H](C)c1ccccc1)C(=O)OC. The van der Waals surface area contributed by atoms with Crippen LogP contribution in [-0.2, 0) is 19.1 Å². The highest BCUT2D eigenvalue weighted by Crippen LogP contribution is 2.12. The molecule has 1 aromatic rings. The highest BCUT2D eigenvalue weighted by molar-refractivity contribution is 5.87. The van der Waals surface area contributed by atoms with Gasteiger partial charge in [0.25, 0.3) is 0 Å². The van der Waals surface area contributed by atoms with E-state index in [1.165, 1.54) is 26.4 Å². The molecule has 1 rings (SSSR count). The van der Waals surface area contributed by atoms with Crippen molar-refractivity contribution in [1.29, 1.82) is 0 Å². The number of carbonyl (C=O) groups is 3. The summed E-state index contributed by atoms with van der Waals surface area (Å²) in [5, 5.41) is 5.60. The zero-order chi connectivity index (χ0) is 21.5. The number of nitrogens with one attached hydrogen (secondary N) is 2. The van der Waals surface area contributed by atoms with Gasteiger partial charge < -0.3 is 15.4 Å². The minimum Gasteiger partial charge on any atom is -0.467 e. The lowest BCUT2D eigenvalue weighted by molar-refractivity contribution is -0.145. The Morgan fingerprint density at radius 1 is 0.897 bits per heavy atom. The van der Waals surface area contributed by atoms with Crippen molar-refractivity contribution in [2.45, 2.75) is 83.7 Å². The summed E-state index contributed by atoms with van der Waals surface area (Å²) in [6.45, 7) is 4.08. The van der Waals surface area contributed by atoms with Gasteiger partial charge in [0.05, 0.1) is 13.2 Å². The first kappa shape index (κ1) is 24.7. The Morgan fingerprint density at radius 3 is 2.10 bits per heavy atom. The van der Waals surface area contributed by atoms with Gasteiger partial charge in [-0.05, 0) is 18.9 Å². The number of esters is 1. The predicted molar refractivity (Wildman–Crippen MR) is 114 cm³/mol. The van der Waals surface area contributed by atoms with E-state index in [-0.39, 0.29) is 30.7 Å². The normalized spacial score (nSPS) is 12.7. The molecule has 0 fully saturated rings. The van der Waals surface area contributed by atoms with Gasteiger partial charge >= 0.3 is 5.97 Å². The van der Waals surface area contributed by atoms with E-state index in [9.17, 15) is 14.4 Å². The Hall–Kier alpha value is -2.37. The Morgan fingerprint density at radius 2 is 1.48 bits per heavy atom. The monoisotopic (exact) mass is 404 g/mol. The molecule has 29 heavy (non-hydrogen) atoms. The topological polar surface area (TPSA) is 84.5 Å². The van der Waals surface area contributed by atoms with Crippen molar-refractivity contribution in [1.82, 2.24) is 10.6 Å². The van der Waals surface area contributed by atoms with Crippen LogP contribution >= 0.6 is 0 Å². The largest absolute Gasteiger partial charge is 0.467 e. The predicted octanol–water partition coefficient (Wildman–Crippen LogP) is 4.05. The summed E-state index contributed by atoms with van der Waals surface area (Å²) in [7, 11) is 1.32. The van der Waals surface area contributed by atoms with Crippen LogP contribution in [0.3, 0.4) is 0 Å². The fraction of sp³-hybridized carbons (Fsp3) is 0.609. The van der Waals surface area contributed by atoms with Crippen molar-refractivity contribution >= 4 is 17.8 Å². The van der Waals surface area contributed by atoms with E-state index in [4.69, 9.17) is 4.74 Å². The van der Waals surface area contributed by atoms with Crippen molar-refractivity contribution in [2.75, 3.05) is 7.11 Å². The minimum atomic E-state index is -0.648. The zero-order valence-corrected chi connectivity index (χ0v) is 18.0. The van der Waals surface area contributed by atoms with E-state index in [0.717, 1.165) is 24.8 Å². The summed E-state index contributed by atoms with van der Waals surface area (Å²) in [6, 6.07) is 8.88. The van der Waals surface area contributed by atoms with Gasteiger partial charge in [-0.15, -0.1) is 0 Å². The first-order valence-corrected chi connectivity index (χ1v) is 10.7. The molecular weight excluding hydrogens is 368 g/mol. The molecule has 0 unspecified atom stereocenters. The zero-order valence-electron chi connectivity index (χ0n) is 18.0. The summed E-state index contributed by atoms with van der Waals surface area (Å²) < 4.78 is 4.80.